The van der Waals surface area contributed by atoms with Gasteiger partial charge in [-0.1, -0.05) is 30.2 Å². The molecule has 2 aromatic heterocycles. The molecule has 1 saturated heterocycles. The van der Waals surface area contributed by atoms with Crippen LogP contribution in [0.2, 0.25) is 0 Å². The summed E-state index contributed by atoms with van der Waals surface area (Å²) in [4.78, 5) is 2.30. The maximum Gasteiger partial charge on any atom is 0.179 e. The molecule has 1 aliphatic heterocycles. The molecule has 0 unspecified atom stereocenters. The molecule has 1 aromatic carbocycles. The van der Waals surface area contributed by atoms with Crippen LogP contribution in [-0.4, -0.2) is 38.3 Å². The molecule has 0 aliphatic carbocycles. The first-order valence-corrected chi connectivity index (χ1v) is 8.78. The number of hydrogen-bond acceptors (Lipinski definition) is 5. The first-order chi connectivity index (χ1) is 12.2. The second kappa shape index (κ2) is 6.74. The number of hydrogen-bond donors (Lipinski definition) is 0. The number of aromatic nitrogens is 5. The number of halogens is 1. The van der Waals surface area contributed by atoms with E-state index >= 15 is 0 Å². The van der Waals surface area contributed by atoms with Crippen molar-refractivity contribution in [1.82, 2.24) is 25.2 Å². The van der Waals surface area contributed by atoms with Crippen molar-refractivity contribution in [3.05, 3.63) is 41.3 Å². The van der Waals surface area contributed by atoms with Crippen LogP contribution in [0.25, 0.3) is 11.0 Å². The van der Waals surface area contributed by atoms with Gasteiger partial charge in [0.2, 0.25) is 0 Å². The smallest absolute Gasteiger partial charge is 0.179 e. The molecule has 0 saturated carbocycles. The van der Waals surface area contributed by atoms with E-state index in [1.807, 2.05) is 11.6 Å². The van der Waals surface area contributed by atoms with Crippen molar-refractivity contribution in [2.75, 3.05) is 18.0 Å². The highest BCUT2D eigenvalue weighted by Crippen LogP contribution is 2.26. The van der Waals surface area contributed by atoms with Crippen LogP contribution in [0.5, 0.6) is 0 Å². The van der Waals surface area contributed by atoms with Gasteiger partial charge in [0.1, 0.15) is 16.9 Å². The molecule has 3 heterocycles. The number of anilines is 1. The predicted octanol–water partition coefficient (Wildman–Crippen LogP) is 3.10. The molecule has 0 radical (unpaired) electrons. The number of fused-ring (bicyclic) bond motifs is 1. The van der Waals surface area contributed by atoms with E-state index in [0.29, 0.717) is 6.54 Å². The number of aryl methyl sites for hydroxylation is 1. The Morgan fingerprint density at radius 2 is 1.68 bits per heavy atom. The summed E-state index contributed by atoms with van der Waals surface area (Å²) in [5, 5.41) is 17.4. The summed E-state index contributed by atoms with van der Waals surface area (Å²) in [6.45, 7) is 4.39. The van der Waals surface area contributed by atoms with Gasteiger partial charge in [0.15, 0.2) is 5.82 Å². The SMILES string of the molecule is Cc1nnc(N2CCCCCC2)c2c1nnn2Cc1ccc(F)cc1. The molecule has 1 aliphatic rings. The summed E-state index contributed by atoms with van der Waals surface area (Å²) in [5.74, 6) is 0.619. The summed E-state index contributed by atoms with van der Waals surface area (Å²) >= 11 is 0. The van der Waals surface area contributed by atoms with Crippen LogP contribution >= 0.6 is 0 Å². The van der Waals surface area contributed by atoms with Gasteiger partial charge in [-0.05, 0) is 37.5 Å². The van der Waals surface area contributed by atoms with E-state index in [1.54, 1.807) is 12.1 Å². The fourth-order valence-corrected chi connectivity index (χ4v) is 3.36. The molecule has 4 rings (SSSR count). The van der Waals surface area contributed by atoms with Gasteiger partial charge in [-0.15, -0.1) is 10.2 Å². The zero-order valence-corrected chi connectivity index (χ0v) is 14.3. The number of nitrogens with zero attached hydrogens (tertiary/aromatic N) is 6. The molecule has 1 fully saturated rings. The van der Waals surface area contributed by atoms with Gasteiger partial charge in [-0.2, -0.15) is 5.10 Å². The summed E-state index contributed by atoms with van der Waals surface area (Å²) in [6, 6.07) is 6.48. The first kappa shape index (κ1) is 15.9. The van der Waals surface area contributed by atoms with Crippen LogP contribution in [-0.2, 0) is 6.54 Å². The Labute approximate surface area is 145 Å². The highest BCUT2D eigenvalue weighted by atomic mass is 19.1. The summed E-state index contributed by atoms with van der Waals surface area (Å²) in [5.41, 5.74) is 3.46. The van der Waals surface area contributed by atoms with Gasteiger partial charge in [-0.3, -0.25) is 0 Å². The molecule has 3 aromatic rings. The fraction of sp³-hybridized carbons (Fsp3) is 0.444. The molecule has 7 heteroatoms. The van der Waals surface area contributed by atoms with Gasteiger partial charge in [-0.25, -0.2) is 9.07 Å². The van der Waals surface area contributed by atoms with Gasteiger partial charge < -0.3 is 4.90 Å². The third kappa shape index (κ3) is 3.18. The first-order valence-electron chi connectivity index (χ1n) is 8.78. The fourth-order valence-electron chi connectivity index (χ4n) is 3.36. The van der Waals surface area contributed by atoms with Crippen LogP contribution in [0.1, 0.15) is 36.9 Å². The van der Waals surface area contributed by atoms with Crippen LogP contribution in [0, 0.1) is 12.7 Å². The van der Waals surface area contributed by atoms with Crippen molar-refractivity contribution in [2.24, 2.45) is 0 Å². The van der Waals surface area contributed by atoms with Crippen molar-refractivity contribution in [2.45, 2.75) is 39.2 Å². The minimum atomic E-state index is -0.237. The molecule has 25 heavy (non-hydrogen) atoms. The molecule has 0 amide bonds. The third-order valence-corrected chi connectivity index (χ3v) is 4.74. The van der Waals surface area contributed by atoms with Gasteiger partial charge >= 0.3 is 0 Å². The Morgan fingerprint density at radius 3 is 2.40 bits per heavy atom. The lowest BCUT2D eigenvalue weighted by molar-refractivity contribution is 0.623. The van der Waals surface area contributed by atoms with E-state index in [0.717, 1.165) is 54.0 Å². The Kier molecular flexibility index (Phi) is 4.29. The largest absolute Gasteiger partial charge is 0.353 e. The zero-order chi connectivity index (χ0) is 17.2. The molecule has 0 N–H and O–H groups in total. The van der Waals surface area contributed by atoms with E-state index in [2.05, 4.69) is 25.4 Å². The van der Waals surface area contributed by atoms with Gasteiger partial charge in [0.25, 0.3) is 0 Å². The van der Waals surface area contributed by atoms with Crippen molar-refractivity contribution in [3.63, 3.8) is 0 Å². The molecule has 0 spiro atoms. The van der Waals surface area contributed by atoms with E-state index in [1.165, 1.54) is 25.0 Å². The summed E-state index contributed by atoms with van der Waals surface area (Å²) in [6.07, 6.45) is 4.84. The Morgan fingerprint density at radius 1 is 0.960 bits per heavy atom. The van der Waals surface area contributed by atoms with Crippen molar-refractivity contribution in [1.29, 1.82) is 0 Å². The minimum Gasteiger partial charge on any atom is -0.353 e. The van der Waals surface area contributed by atoms with Crippen LogP contribution in [0.15, 0.2) is 24.3 Å². The predicted molar refractivity (Wildman–Crippen MR) is 94.0 cm³/mol. The molecular formula is C18H21FN6. The van der Waals surface area contributed by atoms with E-state index in [-0.39, 0.29) is 5.82 Å². The normalized spacial score (nSPS) is 15.5. The monoisotopic (exact) mass is 340 g/mol. The van der Waals surface area contributed by atoms with Crippen molar-refractivity contribution in [3.8, 4) is 0 Å². The summed E-state index contributed by atoms with van der Waals surface area (Å²) in [7, 11) is 0. The van der Waals surface area contributed by atoms with E-state index in [4.69, 9.17) is 0 Å². The van der Waals surface area contributed by atoms with Gasteiger partial charge in [0, 0.05) is 13.1 Å². The summed E-state index contributed by atoms with van der Waals surface area (Å²) < 4.78 is 15.0. The number of benzene rings is 1. The zero-order valence-electron chi connectivity index (χ0n) is 14.3. The topological polar surface area (TPSA) is 59.7 Å². The lowest BCUT2D eigenvalue weighted by Gasteiger charge is -2.22. The molecule has 130 valence electrons. The quantitative estimate of drug-likeness (QED) is 0.733. The molecule has 6 nitrogen and oxygen atoms in total. The number of rotatable bonds is 3. The maximum atomic E-state index is 13.2. The van der Waals surface area contributed by atoms with Crippen molar-refractivity contribution >= 4 is 16.9 Å². The molecular weight excluding hydrogens is 319 g/mol. The highest BCUT2D eigenvalue weighted by Gasteiger charge is 2.20. The second-order valence-corrected chi connectivity index (χ2v) is 6.58. The van der Waals surface area contributed by atoms with Crippen LogP contribution in [0.3, 0.4) is 0 Å². The minimum absolute atomic E-state index is 0.237. The van der Waals surface area contributed by atoms with Crippen LogP contribution < -0.4 is 4.90 Å². The average molecular weight is 340 g/mol. The standard InChI is InChI=1S/C18H21FN6/c1-13-16-17(18(22-20-13)24-10-4-2-3-5-11-24)25(23-21-16)12-14-6-8-15(19)9-7-14/h6-9H,2-5,10-12H2,1H3. The van der Waals surface area contributed by atoms with E-state index in [9.17, 15) is 4.39 Å². The Hall–Kier alpha value is -2.57. The van der Waals surface area contributed by atoms with E-state index < -0.39 is 0 Å². The lowest BCUT2D eigenvalue weighted by atomic mass is 10.2. The third-order valence-electron chi connectivity index (χ3n) is 4.74. The lowest BCUT2D eigenvalue weighted by Crippen LogP contribution is -2.26. The Balaban J connectivity index is 1.76. The molecule has 0 bridgehead atoms. The van der Waals surface area contributed by atoms with Crippen molar-refractivity contribution < 1.29 is 4.39 Å². The second-order valence-electron chi connectivity index (χ2n) is 6.58. The Bertz CT molecular complexity index is 865. The molecule has 0 atom stereocenters. The maximum absolute atomic E-state index is 13.2. The highest BCUT2D eigenvalue weighted by molar-refractivity contribution is 5.87. The average Bonchev–Trinajstić information content (AvgIpc) is 2.86. The van der Waals surface area contributed by atoms with Crippen LogP contribution in [0.4, 0.5) is 10.2 Å². The van der Waals surface area contributed by atoms with Gasteiger partial charge in [0.05, 0.1) is 12.2 Å².